The van der Waals surface area contributed by atoms with Gasteiger partial charge in [-0.3, -0.25) is 19.9 Å². The number of anilines is 1. The van der Waals surface area contributed by atoms with Crippen molar-refractivity contribution in [3.63, 3.8) is 0 Å². The summed E-state index contributed by atoms with van der Waals surface area (Å²) in [5, 5.41) is 17.0. The van der Waals surface area contributed by atoms with Gasteiger partial charge in [0.1, 0.15) is 6.10 Å². The van der Waals surface area contributed by atoms with E-state index < -0.39 is 17.1 Å². The van der Waals surface area contributed by atoms with Crippen LogP contribution in [0, 0.1) is 21.4 Å². The van der Waals surface area contributed by atoms with Crippen molar-refractivity contribution < 1.29 is 28.7 Å². The van der Waals surface area contributed by atoms with Crippen molar-refractivity contribution in [1.29, 1.82) is 0 Å². The van der Waals surface area contributed by atoms with Gasteiger partial charge in [0.2, 0.25) is 5.91 Å². The Hall–Kier alpha value is -3.89. The maximum atomic E-state index is 12.6. The minimum Gasteiger partial charge on any atom is -0.493 e. The van der Waals surface area contributed by atoms with Gasteiger partial charge in [-0.15, -0.1) is 0 Å². The largest absolute Gasteiger partial charge is 0.493 e. The van der Waals surface area contributed by atoms with Gasteiger partial charge in [-0.2, -0.15) is 0 Å². The van der Waals surface area contributed by atoms with Crippen molar-refractivity contribution in [3.05, 3.63) is 52.3 Å². The lowest BCUT2D eigenvalue weighted by Crippen LogP contribution is -2.41. The maximum absolute atomic E-state index is 12.6. The first kappa shape index (κ1) is 26.7. The molecular weight excluding hydrogens is 468 g/mol. The number of benzene rings is 1. The Morgan fingerprint density at radius 1 is 1.17 bits per heavy atom. The van der Waals surface area contributed by atoms with E-state index in [0.29, 0.717) is 24.3 Å². The summed E-state index contributed by atoms with van der Waals surface area (Å²) < 4.78 is 16.0. The fourth-order valence-electron chi connectivity index (χ4n) is 4.36. The van der Waals surface area contributed by atoms with Crippen LogP contribution in [0.4, 0.5) is 16.2 Å². The first-order chi connectivity index (χ1) is 17.2. The molecule has 1 aliphatic carbocycles. The Labute approximate surface area is 209 Å². The number of ether oxygens (including phenoxy) is 3. The number of methoxy groups -OCH3 is 2. The second kappa shape index (κ2) is 11.7. The number of pyridine rings is 1. The quantitative estimate of drug-likeness (QED) is 0.380. The molecule has 1 aromatic carbocycles. The fourth-order valence-corrected chi connectivity index (χ4v) is 4.36. The number of nitro benzene ring substituents is 1. The monoisotopic (exact) mass is 500 g/mol. The van der Waals surface area contributed by atoms with Crippen LogP contribution < -0.4 is 20.1 Å². The average molecular weight is 501 g/mol. The third kappa shape index (κ3) is 6.41. The van der Waals surface area contributed by atoms with E-state index in [4.69, 9.17) is 14.2 Å². The van der Waals surface area contributed by atoms with E-state index in [0.717, 1.165) is 12.8 Å². The molecule has 2 N–H and O–H groups in total. The summed E-state index contributed by atoms with van der Waals surface area (Å²) in [5.41, 5.74) is 0.483. The predicted molar refractivity (Wildman–Crippen MR) is 132 cm³/mol. The van der Waals surface area contributed by atoms with E-state index in [1.54, 1.807) is 24.5 Å². The van der Waals surface area contributed by atoms with Crippen LogP contribution in [0.25, 0.3) is 0 Å². The highest BCUT2D eigenvalue weighted by molar-refractivity contribution is 5.92. The highest BCUT2D eigenvalue weighted by atomic mass is 16.6. The van der Waals surface area contributed by atoms with E-state index in [9.17, 15) is 19.7 Å². The summed E-state index contributed by atoms with van der Waals surface area (Å²) in [4.78, 5) is 40.0. The van der Waals surface area contributed by atoms with E-state index in [2.05, 4.69) is 15.6 Å². The zero-order valence-corrected chi connectivity index (χ0v) is 20.9. The van der Waals surface area contributed by atoms with Crippen LogP contribution >= 0.6 is 0 Å². The Morgan fingerprint density at radius 2 is 1.78 bits per heavy atom. The molecule has 1 atom stereocenters. The zero-order valence-electron chi connectivity index (χ0n) is 20.9. The number of carbonyl (C=O) groups is 2. The highest BCUT2D eigenvalue weighted by Gasteiger charge is 2.39. The van der Waals surface area contributed by atoms with Gasteiger partial charge in [0.05, 0.1) is 37.3 Å². The molecular formula is C25H32N4O7. The first-order valence-electron chi connectivity index (χ1n) is 11.7. The van der Waals surface area contributed by atoms with Gasteiger partial charge in [-0.05, 0) is 50.8 Å². The summed E-state index contributed by atoms with van der Waals surface area (Å²) >= 11 is 0. The molecule has 0 bridgehead atoms. The maximum Gasteiger partial charge on any atom is 0.407 e. The number of nitro groups is 1. The number of nitrogens with zero attached hydrogens (tertiary/aromatic N) is 2. The molecule has 0 unspecified atom stereocenters. The third-order valence-electron chi connectivity index (χ3n) is 6.92. The molecule has 2 amide bonds. The van der Waals surface area contributed by atoms with Crippen molar-refractivity contribution in [2.75, 3.05) is 19.5 Å². The van der Waals surface area contributed by atoms with E-state index in [1.165, 1.54) is 26.4 Å². The predicted octanol–water partition coefficient (Wildman–Crippen LogP) is 4.46. The Kier molecular flexibility index (Phi) is 8.68. The molecule has 0 spiro atoms. The first-order valence-corrected chi connectivity index (χ1v) is 11.7. The fraction of sp³-hybridized carbons (Fsp3) is 0.480. The second-order valence-corrected chi connectivity index (χ2v) is 9.15. The van der Waals surface area contributed by atoms with Gasteiger partial charge in [0, 0.05) is 29.4 Å². The van der Waals surface area contributed by atoms with E-state index >= 15 is 0 Å². The molecule has 1 fully saturated rings. The van der Waals surface area contributed by atoms with Crippen LogP contribution in [0.2, 0.25) is 0 Å². The van der Waals surface area contributed by atoms with Gasteiger partial charge in [-0.25, -0.2) is 4.79 Å². The molecule has 3 rings (SSSR count). The standard InChI is InChI=1S/C25H32N4O7/c1-16(25(2)9-5-17(6-10-25)23(30)28-19-7-11-26-12-8-19)36-24(31)27-15-18-13-21(34-3)22(35-4)14-20(18)29(32)33/h7-8,11-14,16-17H,5-6,9-10,15H2,1-4H3,(H,27,31)(H,26,28,30)/t16-,17?,25?/m1/s1. The van der Waals surface area contributed by atoms with Crippen molar-refractivity contribution >= 4 is 23.4 Å². The molecule has 11 heteroatoms. The molecule has 1 heterocycles. The average Bonchev–Trinajstić information content (AvgIpc) is 2.87. The molecule has 1 aromatic heterocycles. The zero-order chi connectivity index (χ0) is 26.3. The Bertz CT molecular complexity index is 1090. The lowest BCUT2D eigenvalue weighted by molar-refractivity contribution is -0.385. The lowest BCUT2D eigenvalue weighted by atomic mass is 9.68. The number of hydrogen-bond acceptors (Lipinski definition) is 8. The summed E-state index contributed by atoms with van der Waals surface area (Å²) in [6.45, 7) is 3.76. The second-order valence-electron chi connectivity index (χ2n) is 9.15. The number of aromatic nitrogens is 1. The number of hydrogen-bond donors (Lipinski definition) is 2. The van der Waals surface area contributed by atoms with Crippen molar-refractivity contribution in [2.24, 2.45) is 11.3 Å². The topological polar surface area (TPSA) is 142 Å². The van der Waals surface area contributed by atoms with Crippen LogP contribution in [0.15, 0.2) is 36.7 Å². The molecule has 1 saturated carbocycles. The molecule has 1 aliphatic rings. The van der Waals surface area contributed by atoms with Crippen molar-refractivity contribution in [1.82, 2.24) is 10.3 Å². The molecule has 2 aromatic rings. The SMILES string of the molecule is COc1cc(CNC(=O)O[C@H](C)C2(C)CCC(C(=O)Nc3ccncc3)CC2)c([N+](=O)[O-])cc1OC. The van der Waals surface area contributed by atoms with Gasteiger partial charge in [0.25, 0.3) is 5.69 Å². The van der Waals surface area contributed by atoms with Gasteiger partial charge in [-0.1, -0.05) is 6.92 Å². The Balaban J connectivity index is 1.54. The van der Waals surface area contributed by atoms with Crippen LogP contribution in [-0.2, 0) is 16.1 Å². The van der Waals surface area contributed by atoms with Crippen LogP contribution in [-0.4, -0.2) is 42.2 Å². The summed E-state index contributed by atoms with van der Waals surface area (Å²) in [6.07, 6.45) is 4.96. The van der Waals surface area contributed by atoms with Gasteiger partial charge in [0.15, 0.2) is 11.5 Å². The molecule has 194 valence electrons. The summed E-state index contributed by atoms with van der Waals surface area (Å²) in [5.74, 6) is 0.407. The number of rotatable bonds is 9. The van der Waals surface area contributed by atoms with Crippen LogP contribution in [0.5, 0.6) is 11.5 Å². The van der Waals surface area contributed by atoms with E-state index in [1.807, 2.05) is 13.8 Å². The summed E-state index contributed by atoms with van der Waals surface area (Å²) in [6, 6.07) is 6.21. The van der Waals surface area contributed by atoms with Gasteiger partial charge < -0.3 is 24.8 Å². The van der Waals surface area contributed by atoms with Crippen LogP contribution in [0.3, 0.4) is 0 Å². The molecule has 0 aliphatic heterocycles. The number of carbonyl (C=O) groups excluding carboxylic acids is 2. The molecule has 36 heavy (non-hydrogen) atoms. The van der Waals surface area contributed by atoms with Crippen molar-refractivity contribution in [3.8, 4) is 11.5 Å². The molecule has 0 saturated heterocycles. The summed E-state index contributed by atoms with van der Waals surface area (Å²) in [7, 11) is 2.81. The van der Waals surface area contributed by atoms with Gasteiger partial charge >= 0.3 is 6.09 Å². The highest BCUT2D eigenvalue weighted by Crippen LogP contribution is 2.42. The number of alkyl carbamates (subject to hydrolysis) is 1. The minimum absolute atomic E-state index is 0.0221. The van der Waals surface area contributed by atoms with Crippen molar-refractivity contribution in [2.45, 2.75) is 52.2 Å². The number of nitrogens with one attached hydrogen (secondary N) is 2. The van der Waals surface area contributed by atoms with Crippen LogP contribution in [0.1, 0.15) is 45.1 Å². The van der Waals surface area contributed by atoms with E-state index in [-0.39, 0.29) is 40.8 Å². The normalized spacial score (nSPS) is 20.1. The number of amides is 2. The Morgan fingerprint density at radius 3 is 2.36 bits per heavy atom. The molecule has 11 nitrogen and oxygen atoms in total. The third-order valence-corrected chi connectivity index (χ3v) is 6.92. The lowest BCUT2D eigenvalue weighted by Gasteiger charge is -2.40. The minimum atomic E-state index is -0.676. The molecule has 0 radical (unpaired) electrons. The smallest absolute Gasteiger partial charge is 0.407 e.